The molecule has 0 bridgehead atoms. The number of nitrogens with two attached hydrogens (primary N) is 1. The van der Waals surface area contributed by atoms with E-state index in [9.17, 15) is 10.1 Å². The molecule has 0 aromatic heterocycles. The van der Waals surface area contributed by atoms with E-state index in [2.05, 4.69) is 24.3 Å². The topological polar surface area (TPSA) is 84.4 Å². The van der Waals surface area contributed by atoms with E-state index < -0.39 is 4.92 Å². The number of benzene rings is 1. The summed E-state index contributed by atoms with van der Waals surface area (Å²) in [7, 11) is 2.08. The number of nitro groups is 1. The number of nitrogens with zero attached hydrogens (tertiary/aromatic N) is 2. The summed E-state index contributed by atoms with van der Waals surface area (Å²) in [5, 5.41) is 11.1. The Morgan fingerprint density at radius 3 is 2.62 bits per heavy atom. The molecule has 1 aromatic rings. The number of rotatable bonds is 5. The van der Waals surface area contributed by atoms with Crippen LogP contribution in [-0.4, -0.2) is 22.9 Å². The largest absolute Gasteiger partial charge is 0.318 e. The van der Waals surface area contributed by atoms with Gasteiger partial charge in [0.25, 0.3) is 5.69 Å². The van der Waals surface area contributed by atoms with E-state index in [-0.39, 0.29) is 5.69 Å². The maximum absolute atomic E-state index is 11.1. The Labute approximate surface area is 125 Å². The number of hydrazine groups is 1. The van der Waals surface area contributed by atoms with Crippen molar-refractivity contribution in [3.8, 4) is 0 Å². The molecule has 1 saturated carbocycles. The van der Waals surface area contributed by atoms with Gasteiger partial charge in [-0.05, 0) is 44.2 Å². The lowest BCUT2D eigenvalue weighted by Crippen LogP contribution is -2.34. The highest BCUT2D eigenvalue weighted by Gasteiger charge is 2.23. The third kappa shape index (κ3) is 3.71. The molecule has 0 atom stereocenters. The van der Waals surface area contributed by atoms with E-state index in [0.29, 0.717) is 18.3 Å². The normalized spacial score (nSPS) is 22.3. The van der Waals surface area contributed by atoms with Crippen molar-refractivity contribution in [3.63, 3.8) is 0 Å². The van der Waals surface area contributed by atoms with Crippen molar-refractivity contribution in [2.75, 3.05) is 12.5 Å². The monoisotopic (exact) mass is 292 g/mol. The Kier molecular flexibility index (Phi) is 5.14. The van der Waals surface area contributed by atoms with Crippen molar-refractivity contribution in [1.29, 1.82) is 0 Å². The van der Waals surface area contributed by atoms with Gasteiger partial charge in [-0.2, -0.15) is 0 Å². The number of nitrogens with one attached hydrogen (secondary N) is 1. The summed E-state index contributed by atoms with van der Waals surface area (Å²) in [5.41, 5.74) is 3.80. The van der Waals surface area contributed by atoms with Gasteiger partial charge in [0.15, 0.2) is 0 Å². The number of anilines is 1. The average molecular weight is 292 g/mol. The first kappa shape index (κ1) is 15.7. The van der Waals surface area contributed by atoms with E-state index in [1.165, 1.54) is 31.7 Å². The average Bonchev–Trinajstić information content (AvgIpc) is 2.47. The molecule has 0 unspecified atom stereocenters. The minimum absolute atomic E-state index is 0.0284. The van der Waals surface area contributed by atoms with Crippen LogP contribution in [0.3, 0.4) is 0 Å². The summed E-state index contributed by atoms with van der Waals surface area (Å²) < 4.78 is 0. The van der Waals surface area contributed by atoms with E-state index in [0.717, 1.165) is 11.5 Å². The minimum Gasteiger partial charge on any atom is -0.318 e. The number of hydrogen-bond acceptors (Lipinski definition) is 5. The maximum atomic E-state index is 11.1. The fraction of sp³-hybridized carbons (Fsp3) is 0.600. The third-order valence-electron chi connectivity index (χ3n) is 4.50. The highest BCUT2D eigenvalue weighted by atomic mass is 16.6. The third-order valence-corrected chi connectivity index (χ3v) is 4.50. The molecule has 0 amide bonds. The van der Waals surface area contributed by atoms with Gasteiger partial charge in [0.05, 0.1) is 4.92 Å². The van der Waals surface area contributed by atoms with E-state index in [1.54, 1.807) is 6.07 Å². The molecule has 6 heteroatoms. The molecule has 0 heterocycles. The lowest BCUT2D eigenvalue weighted by atomic mass is 9.86. The minimum atomic E-state index is -0.402. The second-order valence-electron chi connectivity index (χ2n) is 6.04. The molecule has 1 fully saturated rings. The Hall–Kier alpha value is -1.66. The van der Waals surface area contributed by atoms with Gasteiger partial charge in [0.2, 0.25) is 0 Å². The first-order valence-corrected chi connectivity index (χ1v) is 7.46. The summed E-state index contributed by atoms with van der Waals surface area (Å²) in [5.74, 6) is 6.30. The predicted molar refractivity (Wildman–Crippen MR) is 83.8 cm³/mol. The first-order valence-electron chi connectivity index (χ1n) is 7.46. The van der Waals surface area contributed by atoms with Crippen molar-refractivity contribution in [2.24, 2.45) is 11.8 Å². The number of para-hydroxylation sites is 1. The van der Waals surface area contributed by atoms with Gasteiger partial charge in [0.1, 0.15) is 5.69 Å². The van der Waals surface area contributed by atoms with Crippen LogP contribution in [0.2, 0.25) is 0 Å². The Morgan fingerprint density at radius 2 is 2.05 bits per heavy atom. The predicted octanol–water partition coefficient (Wildman–Crippen LogP) is 2.89. The van der Waals surface area contributed by atoms with Crippen molar-refractivity contribution in [2.45, 2.75) is 45.2 Å². The molecule has 0 saturated heterocycles. The molecule has 21 heavy (non-hydrogen) atoms. The van der Waals surface area contributed by atoms with Crippen LogP contribution in [0.4, 0.5) is 11.4 Å². The quantitative estimate of drug-likeness (QED) is 0.495. The lowest BCUT2D eigenvalue weighted by molar-refractivity contribution is -0.384. The van der Waals surface area contributed by atoms with Gasteiger partial charge in [-0.1, -0.05) is 19.1 Å². The maximum Gasteiger partial charge on any atom is 0.293 e. The lowest BCUT2D eigenvalue weighted by Gasteiger charge is -2.33. The van der Waals surface area contributed by atoms with E-state index >= 15 is 0 Å². The van der Waals surface area contributed by atoms with E-state index in [1.807, 2.05) is 6.07 Å². The van der Waals surface area contributed by atoms with Crippen LogP contribution in [0.1, 0.15) is 38.2 Å². The molecule has 6 nitrogen and oxygen atoms in total. The Morgan fingerprint density at radius 1 is 1.38 bits per heavy atom. The molecule has 1 aliphatic rings. The van der Waals surface area contributed by atoms with Crippen LogP contribution in [0.25, 0.3) is 0 Å². The molecule has 0 spiro atoms. The SMILES string of the molecule is CC1CCC(N(C)Cc2cccc([N+](=O)[O-])c2NN)CC1. The van der Waals surface area contributed by atoms with Crippen LogP contribution in [0, 0.1) is 16.0 Å². The zero-order valence-electron chi connectivity index (χ0n) is 12.7. The van der Waals surface area contributed by atoms with Gasteiger partial charge < -0.3 is 5.43 Å². The van der Waals surface area contributed by atoms with Crippen molar-refractivity contribution >= 4 is 11.4 Å². The van der Waals surface area contributed by atoms with Crippen LogP contribution >= 0.6 is 0 Å². The smallest absolute Gasteiger partial charge is 0.293 e. The molecule has 0 aliphatic heterocycles. The molecule has 1 aromatic carbocycles. The van der Waals surface area contributed by atoms with Crippen LogP contribution in [-0.2, 0) is 6.54 Å². The van der Waals surface area contributed by atoms with Crippen molar-refractivity contribution in [3.05, 3.63) is 33.9 Å². The number of nitro benzene ring substituents is 1. The number of nitrogen functional groups attached to an aromatic ring is 1. The molecular formula is C15H24N4O2. The van der Waals surface area contributed by atoms with E-state index in [4.69, 9.17) is 5.84 Å². The zero-order valence-corrected chi connectivity index (χ0v) is 12.7. The highest BCUT2D eigenvalue weighted by molar-refractivity contribution is 5.65. The summed E-state index contributed by atoms with van der Waals surface area (Å²) in [4.78, 5) is 12.9. The molecule has 1 aliphatic carbocycles. The Bertz CT molecular complexity index is 498. The first-order chi connectivity index (χ1) is 10.0. The summed E-state index contributed by atoms with van der Waals surface area (Å²) in [6.45, 7) is 2.97. The second-order valence-corrected chi connectivity index (χ2v) is 6.04. The fourth-order valence-electron chi connectivity index (χ4n) is 3.12. The molecule has 3 N–H and O–H groups in total. The molecule has 116 valence electrons. The summed E-state index contributed by atoms with van der Waals surface area (Å²) in [6.07, 6.45) is 4.90. The zero-order chi connectivity index (χ0) is 15.4. The van der Waals surface area contributed by atoms with Gasteiger partial charge in [0, 0.05) is 18.7 Å². The van der Waals surface area contributed by atoms with Gasteiger partial charge in [-0.15, -0.1) is 0 Å². The van der Waals surface area contributed by atoms with Gasteiger partial charge in [-0.25, -0.2) is 0 Å². The van der Waals surface area contributed by atoms with Crippen LogP contribution in [0.15, 0.2) is 18.2 Å². The number of hydrogen-bond donors (Lipinski definition) is 2. The summed E-state index contributed by atoms with van der Waals surface area (Å²) in [6, 6.07) is 5.63. The van der Waals surface area contributed by atoms with Crippen LogP contribution in [0.5, 0.6) is 0 Å². The second kappa shape index (κ2) is 6.87. The molecule has 2 rings (SSSR count). The van der Waals surface area contributed by atoms with Crippen molar-refractivity contribution in [1.82, 2.24) is 4.90 Å². The Balaban J connectivity index is 2.12. The fourth-order valence-corrected chi connectivity index (χ4v) is 3.12. The molecular weight excluding hydrogens is 268 g/mol. The highest BCUT2D eigenvalue weighted by Crippen LogP contribution is 2.31. The molecule has 0 radical (unpaired) electrons. The summed E-state index contributed by atoms with van der Waals surface area (Å²) >= 11 is 0. The standard InChI is InChI=1S/C15H24N4O2/c1-11-6-8-13(9-7-11)18(2)10-12-4-3-5-14(19(20)21)15(12)17-16/h3-5,11,13,17H,6-10,16H2,1-2H3. The van der Waals surface area contributed by atoms with Gasteiger partial charge >= 0.3 is 0 Å². The van der Waals surface area contributed by atoms with Gasteiger partial charge in [-0.3, -0.25) is 20.9 Å². The van der Waals surface area contributed by atoms with Crippen LogP contribution < -0.4 is 11.3 Å². The van der Waals surface area contributed by atoms with Crippen molar-refractivity contribution < 1.29 is 4.92 Å².